The summed E-state index contributed by atoms with van der Waals surface area (Å²) in [5, 5.41) is 0. The Morgan fingerprint density at radius 1 is 1.05 bits per heavy atom. The van der Waals surface area contributed by atoms with Gasteiger partial charge in [-0.3, -0.25) is 4.90 Å². The molecule has 1 aromatic carbocycles. The third-order valence-electron chi connectivity index (χ3n) is 4.84. The molecule has 3 saturated heterocycles. The lowest BCUT2D eigenvalue weighted by molar-refractivity contribution is -0.198. The van der Waals surface area contributed by atoms with E-state index >= 15 is 0 Å². The second kappa shape index (κ2) is 5.02. The van der Waals surface area contributed by atoms with Crippen molar-refractivity contribution in [3.05, 3.63) is 30.3 Å². The van der Waals surface area contributed by atoms with Gasteiger partial charge in [0.2, 0.25) is 0 Å². The van der Waals surface area contributed by atoms with Crippen LogP contribution in [-0.2, 0) is 9.47 Å². The zero-order chi connectivity index (χ0) is 13.4. The Morgan fingerprint density at radius 2 is 1.85 bits per heavy atom. The number of rotatable bonds is 1. The fourth-order valence-electron chi connectivity index (χ4n) is 3.76. The summed E-state index contributed by atoms with van der Waals surface area (Å²) in [6, 6.07) is 11.4. The fourth-order valence-corrected chi connectivity index (χ4v) is 3.76. The molecule has 0 saturated carbocycles. The lowest BCUT2D eigenvalue weighted by Gasteiger charge is -2.49. The van der Waals surface area contributed by atoms with E-state index in [9.17, 15) is 0 Å². The monoisotopic (exact) mass is 274 g/mol. The van der Waals surface area contributed by atoms with Crippen LogP contribution in [0.5, 0.6) is 0 Å². The van der Waals surface area contributed by atoms with Gasteiger partial charge >= 0.3 is 0 Å². The lowest BCUT2D eigenvalue weighted by atomic mass is 9.95. The molecule has 1 unspecified atom stereocenters. The van der Waals surface area contributed by atoms with E-state index < -0.39 is 0 Å². The first-order valence-electron chi connectivity index (χ1n) is 7.67. The highest BCUT2D eigenvalue weighted by molar-refractivity contribution is 5.46. The van der Waals surface area contributed by atoms with Crippen LogP contribution in [0.4, 0.5) is 5.69 Å². The van der Waals surface area contributed by atoms with Gasteiger partial charge in [-0.05, 0) is 18.6 Å². The van der Waals surface area contributed by atoms with Crippen molar-refractivity contribution in [3.8, 4) is 0 Å². The van der Waals surface area contributed by atoms with Gasteiger partial charge in [0.05, 0.1) is 19.8 Å². The number of piperazine rings is 1. The summed E-state index contributed by atoms with van der Waals surface area (Å²) in [6.07, 6.45) is 2.21. The third-order valence-corrected chi connectivity index (χ3v) is 4.84. The molecule has 0 aromatic heterocycles. The van der Waals surface area contributed by atoms with Gasteiger partial charge in [-0.1, -0.05) is 18.2 Å². The van der Waals surface area contributed by atoms with Crippen molar-refractivity contribution < 1.29 is 9.47 Å². The maximum atomic E-state index is 5.86. The van der Waals surface area contributed by atoms with Crippen LogP contribution < -0.4 is 4.90 Å². The second-order valence-electron chi connectivity index (χ2n) is 6.05. The summed E-state index contributed by atoms with van der Waals surface area (Å²) >= 11 is 0. The first kappa shape index (κ1) is 12.6. The molecule has 4 nitrogen and oxygen atoms in total. The normalized spacial score (nSPS) is 29.6. The number of para-hydroxylation sites is 1. The molecule has 20 heavy (non-hydrogen) atoms. The van der Waals surface area contributed by atoms with E-state index in [-0.39, 0.29) is 5.79 Å². The molecule has 1 spiro atoms. The van der Waals surface area contributed by atoms with Gasteiger partial charge in [0, 0.05) is 37.8 Å². The molecule has 1 atom stereocenters. The van der Waals surface area contributed by atoms with Crippen molar-refractivity contribution in [2.75, 3.05) is 44.3 Å². The van der Waals surface area contributed by atoms with Crippen molar-refractivity contribution in [3.63, 3.8) is 0 Å². The summed E-state index contributed by atoms with van der Waals surface area (Å²) < 4.78 is 11.7. The Hall–Kier alpha value is -1.10. The van der Waals surface area contributed by atoms with E-state index in [2.05, 4.69) is 40.1 Å². The highest BCUT2D eigenvalue weighted by Gasteiger charge is 2.45. The average Bonchev–Trinajstić information content (AvgIpc) is 2.96. The topological polar surface area (TPSA) is 24.9 Å². The molecule has 0 N–H and O–H groups in total. The van der Waals surface area contributed by atoms with Crippen LogP contribution in [0.1, 0.15) is 12.8 Å². The van der Waals surface area contributed by atoms with Crippen LogP contribution in [0.3, 0.4) is 0 Å². The quantitative estimate of drug-likeness (QED) is 0.778. The number of anilines is 1. The predicted octanol–water partition coefficient (Wildman–Crippen LogP) is 1.71. The molecular weight excluding hydrogens is 252 g/mol. The van der Waals surface area contributed by atoms with E-state index in [4.69, 9.17) is 9.47 Å². The molecular formula is C16H22N2O2. The maximum Gasteiger partial charge on any atom is 0.181 e. The second-order valence-corrected chi connectivity index (χ2v) is 6.05. The largest absolute Gasteiger partial charge is 0.369 e. The zero-order valence-electron chi connectivity index (χ0n) is 11.8. The van der Waals surface area contributed by atoms with Gasteiger partial charge in [-0.25, -0.2) is 0 Å². The zero-order valence-corrected chi connectivity index (χ0v) is 11.8. The third kappa shape index (κ3) is 2.22. The number of fused-ring (bicyclic) bond motifs is 1. The molecule has 3 aliphatic heterocycles. The molecule has 3 heterocycles. The highest BCUT2D eigenvalue weighted by Crippen LogP contribution is 2.34. The van der Waals surface area contributed by atoms with E-state index in [0.717, 1.165) is 45.8 Å². The summed E-state index contributed by atoms with van der Waals surface area (Å²) in [7, 11) is 0. The van der Waals surface area contributed by atoms with Crippen molar-refractivity contribution in [2.45, 2.75) is 24.7 Å². The van der Waals surface area contributed by atoms with Crippen LogP contribution in [0.2, 0.25) is 0 Å². The molecule has 3 aliphatic rings. The smallest absolute Gasteiger partial charge is 0.181 e. The van der Waals surface area contributed by atoms with E-state index in [0.29, 0.717) is 6.04 Å². The van der Waals surface area contributed by atoms with Crippen molar-refractivity contribution in [1.82, 2.24) is 4.90 Å². The average molecular weight is 274 g/mol. The number of nitrogens with zero attached hydrogens (tertiary/aromatic N) is 2. The number of ether oxygens (including phenoxy) is 2. The first-order chi connectivity index (χ1) is 9.85. The SMILES string of the molecule is c1ccc(N2CCN3CC4(CCC3C2)OCCO4)cc1. The minimum absolute atomic E-state index is 0.286. The summed E-state index contributed by atoms with van der Waals surface area (Å²) in [5.41, 5.74) is 1.35. The van der Waals surface area contributed by atoms with Gasteiger partial charge in [-0.2, -0.15) is 0 Å². The lowest BCUT2D eigenvalue weighted by Crippen LogP contribution is -2.61. The van der Waals surface area contributed by atoms with Crippen molar-refractivity contribution in [2.24, 2.45) is 0 Å². The van der Waals surface area contributed by atoms with E-state index in [1.54, 1.807) is 0 Å². The fraction of sp³-hybridized carbons (Fsp3) is 0.625. The number of hydrogen-bond donors (Lipinski definition) is 0. The van der Waals surface area contributed by atoms with Gasteiger partial charge in [0.1, 0.15) is 0 Å². The first-order valence-corrected chi connectivity index (χ1v) is 7.67. The maximum absolute atomic E-state index is 5.86. The molecule has 0 aliphatic carbocycles. The summed E-state index contributed by atoms with van der Waals surface area (Å²) in [5.74, 6) is -0.286. The van der Waals surface area contributed by atoms with Crippen LogP contribution >= 0.6 is 0 Å². The van der Waals surface area contributed by atoms with E-state index in [1.807, 2.05) is 0 Å². The van der Waals surface area contributed by atoms with Crippen molar-refractivity contribution in [1.29, 1.82) is 0 Å². The van der Waals surface area contributed by atoms with Crippen LogP contribution in [0.25, 0.3) is 0 Å². The number of piperidine rings is 1. The Kier molecular flexibility index (Phi) is 3.17. The van der Waals surface area contributed by atoms with Gasteiger partial charge in [-0.15, -0.1) is 0 Å². The Bertz CT molecular complexity index is 459. The summed E-state index contributed by atoms with van der Waals surface area (Å²) in [4.78, 5) is 5.07. The number of hydrogen-bond acceptors (Lipinski definition) is 4. The molecule has 108 valence electrons. The van der Waals surface area contributed by atoms with Crippen LogP contribution in [0.15, 0.2) is 30.3 Å². The van der Waals surface area contributed by atoms with Gasteiger partial charge in [0.15, 0.2) is 5.79 Å². The molecule has 0 amide bonds. The highest BCUT2D eigenvalue weighted by atomic mass is 16.7. The Labute approximate surface area is 120 Å². The number of benzene rings is 1. The Balaban J connectivity index is 1.44. The summed E-state index contributed by atoms with van der Waals surface area (Å²) in [6.45, 7) is 5.79. The minimum atomic E-state index is -0.286. The molecule has 4 rings (SSSR count). The molecule has 4 heteroatoms. The van der Waals surface area contributed by atoms with Crippen LogP contribution in [-0.4, -0.2) is 56.1 Å². The van der Waals surface area contributed by atoms with Gasteiger partial charge in [0.25, 0.3) is 0 Å². The van der Waals surface area contributed by atoms with E-state index in [1.165, 1.54) is 12.1 Å². The van der Waals surface area contributed by atoms with Crippen molar-refractivity contribution >= 4 is 5.69 Å². The molecule has 3 fully saturated rings. The molecule has 0 radical (unpaired) electrons. The Morgan fingerprint density at radius 3 is 2.65 bits per heavy atom. The molecule has 1 aromatic rings. The standard InChI is InChI=1S/C16H22N2O2/c1-2-4-14(5-3-1)17-8-9-18-13-16(19-10-11-20-16)7-6-15(18)12-17/h1-5,15H,6-13H2. The predicted molar refractivity (Wildman–Crippen MR) is 77.9 cm³/mol. The minimum Gasteiger partial charge on any atom is -0.369 e. The van der Waals surface area contributed by atoms with Crippen LogP contribution in [0, 0.1) is 0 Å². The van der Waals surface area contributed by atoms with Gasteiger partial charge < -0.3 is 14.4 Å². The molecule has 0 bridgehead atoms.